The lowest BCUT2D eigenvalue weighted by atomic mass is 10.1. The number of aliphatic imine (C=N–C) groups is 1. The molecule has 0 saturated carbocycles. The first kappa shape index (κ1) is 19.2. The molecule has 3 N–H and O–H groups in total. The standard InChI is InChI=1S/C15H23N3O2S.HI/c1-2-12-6-8-13(9-7-12)18-15(16)17-11-14-5-3-4-10-21(14,19)20;/h6-9,14H,2-5,10-11H2,1H3,(H3,16,17,18);1H. The minimum Gasteiger partial charge on any atom is -0.370 e. The highest BCUT2D eigenvalue weighted by molar-refractivity contribution is 14.0. The SMILES string of the molecule is CCc1ccc(NC(N)=NCC2CCCCS2(=O)=O)cc1.I. The van der Waals surface area contributed by atoms with Crippen LogP contribution in [0.3, 0.4) is 0 Å². The zero-order chi connectivity index (χ0) is 15.3. The number of benzene rings is 1. The minimum absolute atomic E-state index is 0. The van der Waals surface area contributed by atoms with Gasteiger partial charge in [0.1, 0.15) is 0 Å². The summed E-state index contributed by atoms with van der Waals surface area (Å²) in [6.45, 7) is 2.34. The van der Waals surface area contributed by atoms with Gasteiger partial charge in [-0.2, -0.15) is 0 Å². The Morgan fingerprint density at radius 1 is 1.32 bits per heavy atom. The summed E-state index contributed by atoms with van der Waals surface area (Å²) in [7, 11) is -2.99. The monoisotopic (exact) mass is 437 g/mol. The number of hydrogen-bond donors (Lipinski definition) is 2. The van der Waals surface area contributed by atoms with E-state index in [1.54, 1.807) is 0 Å². The van der Waals surface area contributed by atoms with Crippen molar-refractivity contribution in [3.63, 3.8) is 0 Å². The molecule has 0 radical (unpaired) electrons. The van der Waals surface area contributed by atoms with Crippen molar-refractivity contribution < 1.29 is 8.42 Å². The molecular formula is C15H24IN3O2S. The van der Waals surface area contributed by atoms with E-state index in [-0.39, 0.29) is 47.5 Å². The van der Waals surface area contributed by atoms with Crippen molar-refractivity contribution in [3.8, 4) is 0 Å². The minimum atomic E-state index is -2.99. The van der Waals surface area contributed by atoms with Gasteiger partial charge in [0.2, 0.25) is 0 Å². The van der Waals surface area contributed by atoms with Gasteiger partial charge in [0.05, 0.1) is 17.5 Å². The van der Waals surface area contributed by atoms with E-state index in [9.17, 15) is 8.42 Å². The zero-order valence-corrected chi connectivity index (χ0v) is 15.9. The molecule has 1 aromatic rings. The zero-order valence-electron chi connectivity index (χ0n) is 12.8. The van der Waals surface area contributed by atoms with Crippen LogP contribution in [0.4, 0.5) is 5.69 Å². The van der Waals surface area contributed by atoms with E-state index >= 15 is 0 Å². The lowest BCUT2D eigenvalue weighted by Crippen LogP contribution is -2.32. The van der Waals surface area contributed by atoms with Gasteiger partial charge in [0.25, 0.3) is 0 Å². The normalized spacial score (nSPS) is 21.0. The molecule has 1 saturated heterocycles. The number of nitrogens with one attached hydrogen (secondary N) is 1. The highest BCUT2D eigenvalue weighted by Crippen LogP contribution is 2.19. The molecule has 1 fully saturated rings. The molecule has 5 nitrogen and oxygen atoms in total. The van der Waals surface area contributed by atoms with Crippen LogP contribution in [0.1, 0.15) is 31.7 Å². The number of aryl methyl sites for hydroxylation is 1. The summed E-state index contributed by atoms with van der Waals surface area (Å²) in [5, 5.41) is 2.61. The second kappa shape index (κ2) is 8.71. The fraction of sp³-hybridized carbons (Fsp3) is 0.533. The van der Waals surface area contributed by atoms with Crippen LogP contribution < -0.4 is 11.1 Å². The van der Waals surface area contributed by atoms with Crippen molar-refractivity contribution in [1.82, 2.24) is 0 Å². The smallest absolute Gasteiger partial charge is 0.193 e. The molecule has 0 amide bonds. The van der Waals surface area contributed by atoms with Crippen molar-refractivity contribution in [1.29, 1.82) is 0 Å². The Balaban J connectivity index is 0.00000242. The molecule has 22 heavy (non-hydrogen) atoms. The number of anilines is 1. The van der Waals surface area contributed by atoms with Crippen molar-refractivity contribution in [2.45, 2.75) is 37.9 Å². The third-order valence-electron chi connectivity index (χ3n) is 3.81. The van der Waals surface area contributed by atoms with Crippen LogP contribution in [0.25, 0.3) is 0 Å². The summed E-state index contributed by atoms with van der Waals surface area (Å²) >= 11 is 0. The molecule has 2 rings (SSSR count). The van der Waals surface area contributed by atoms with Crippen LogP contribution >= 0.6 is 24.0 Å². The summed E-state index contributed by atoms with van der Waals surface area (Å²) in [5.74, 6) is 0.541. The van der Waals surface area contributed by atoms with Gasteiger partial charge in [-0.3, -0.25) is 4.99 Å². The Hall–Kier alpha value is -0.830. The Bertz CT molecular complexity index is 600. The molecule has 0 aromatic heterocycles. The quantitative estimate of drug-likeness (QED) is 0.431. The van der Waals surface area contributed by atoms with Crippen LogP contribution in [0.2, 0.25) is 0 Å². The van der Waals surface area contributed by atoms with E-state index in [2.05, 4.69) is 17.2 Å². The third-order valence-corrected chi connectivity index (χ3v) is 6.07. The molecule has 1 atom stereocenters. The van der Waals surface area contributed by atoms with Gasteiger partial charge >= 0.3 is 0 Å². The summed E-state index contributed by atoms with van der Waals surface area (Å²) in [6.07, 6.45) is 3.39. The molecule has 124 valence electrons. The molecule has 7 heteroatoms. The summed E-state index contributed by atoms with van der Waals surface area (Å²) < 4.78 is 23.8. The Labute approximate surface area is 149 Å². The van der Waals surface area contributed by atoms with E-state index in [4.69, 9.17) is 5.73 Å². The Morgan fingerprint density at radius 3 is 2.59 bits per heavy atom. The fourth-order valence-electron chi connectivity index (χ4n) is 2.44. The molecule has 0 aliphatic carbocycles. The van der Waals surface area contributed by atoms with Gasteiger partial charge < -0.3 is 11.1 Å². The van der Waals surface area contributed by atoms with Crippen LogP contribution in [0.5, 0.6) is 0 Å². The van der Waals surface area contributed by atoms with Gasteiger partial charge in [-0.15, -0.1) is 24.0 Å². The predicted molar refractivity (Wildman–Crippen MR) is 103 cm³/mol. The van der Waals surface area contributed by atoms with Gasteiger partial charge in [0, 0.05) is 5.69 Å². The highest BCUT2D eigenvalue weighted by Gasteiger charge is 2.28. The lowest BCUT2D eigenvalue weighted by molar-refractivity contribution is 0.541. The van der Waals surface area contributed by atoms with Gasteiger partial charge in [0.15, 0.2) is 15.8 Å². The van der Waals surface area contributed by atoms with Crippen LogP contribution in [-0.4, -0.2) is 31.9 Å². The maximum Gasteiger partial charge on any atom is 0.193 e. The highest BCUT2D eigenvalue weighted by atomic mass is 127. The van der Waals surface area contributed by atoms with E-state index in [0.717, 1.165) is 24.9 Å². The first-order chi connectivity index (χ1) is 10.0. The number of guanidine groups is 1. The maximum absolute atomic E-state index is 11.9. The van der Waals surface area contributed by atoms with Crippen molar-refractivity contribution in [2.75, 3.05) is 17.6 Å². The molecule has 1 heterocycles. The molecule has 1 unspecified atom stereocenters. The Kier molecular flexibility index (Phi) is 7.61. The molecule has 0 bridgehead atoms. The van der Waals surface area contributed by atoms with Crippen LogP contribution in [0.15, 0.2) is 29.3 Å². The van der Waals surface area contributed by atoms with Crippen LogP contribution in [-0.2, 0) is 16.3 Å². The summed E-state index contributed by atoms with van der Waals surface area (Å²) in [5.41, 5.74) is 7.94. The van der Waals surface area contributed by atoms with Crippen molar-refractivity contribution >= 4 is 45.5 Å². The fourth-order valence-corrected chi connectivity index (χ4v) is 4.20. The van der Waals surface area contributed by atoms with Crippen molar-refractivity contribution in [2.24, 2.45) is 10.7 Å². The number of nitrogens with two attached hydrogens (primary N) is 1. The van der Waals surface area contributed by atoms with E-state index < -0.39 is 9.84 Å². The lowest BCUT2D eigenvalue weighted by Gasteiger charge is -2.20. The van der Waals surface area contributed by atoms with Gasteiger partial charge in [-0.1, -0.05) is 25.5 Å². The summed E-state index contributed by atoms with van der Waals surface area (Å²) in [6, 6.07) is 7.94. The van der Waals surface area contributed by atoms with E-state index in [1.165, 1.54) is 5.56 Å². The number of sulfone groups is 1. The van der Waals surface area contributed by atoms with Gasteiger partial charge in [-0.05, 0) is 37.0 Å². The van der Waals surface area contributed by atoms with Gasteiger partial charge in [-0.25, -0.2) is 8.42 Å². The predicted octanol–water partition coefficient (Wildman–Crippen LogP) is 2.56. The number of nitrogens with zero attached hydrogens (tertiary/aromatic N) is 1. The van der Waals surface area contributed by atoms with E-state index in [1.807, 2.05) is 24.3 Å². The largest absolute Gasteiger partial charge is 0.370 e. The second-order valence-corrected chi connectivity index (χ2v) is 7.79. The molecular weight excluding hydrogens is 413 g/mol. The topological polar surface area (TPSA) is 84.5 Å². The second-order valence-electron chi connectivity index (χ2n) is 5.39. The average Bonchev–Trinajstić information content (AvgIpc) is 2.46. The molecule has 0 spiro atoms. The van der Waals surface area contributed by atoms with Crippen molar-refractivity contribution in [3.05, 3.63) is 29.8 Å². The Morgan fingerprint density at radius 2 is 2.00 bits per heavy atom. The van der Waals surface area contributed by atoms with E-state index in [0.29, 0.717) is 6.42 Å². The van der Waals surface area contributed by atoms with Crippen LogP contribution in [0, 0.1) is 0 Å². The maximum atomic E-state index is 11.9. The third kappa shape index (κ3) is 5.42. The summed E-state index contributed by atoms with van der Waals surface area (Å²) in [4.78, 5) is 4.19. The molecule has 1 aromatic carbocycles. The first-order valence-electron chi connectivity index (χ1n) is 7.38. The number of hydrogen-bond acceptors (Lipinski definition) is 3. The number of halogens is 1. The number of rotatable bonds is 4. The molecule has 1 aliphatic rings. The first-order valence-corrected chi connectivity index (χ1v) is 9.10. The average molecular weight is 437 g/mol. The molecule has 1 aliphatic heterocycles.